The van der Waals surface area contributed by atoms with Crippen LogP contribution in [0.4, 0.5) is 26.3 Å². The van der Waals surface area contributed by atoms with Crippen molar-refractivity contribution in [3.8, 4) is 18.4 Å². The summed E-state index contributed by atoms with van der Waals surface area (Å²) in [5.74, 6) is 1.04. The zero-order valence-electron chi connectivity index (χ0n) is 6.29. The number of terminal acetylenes is 1. The van der Waals surface area contributed by atoms with Crippen molar-refractivity contribution in [3.63, 3.8) is 0 Å². The second-order valence-electron chi connectivity index (χ2n) is 2.00. The van der Waals surface area contributed by atoms with Crippen molar-refractivity contribution < 1.29 is 26.3 Å². The Morgan fingerprint density at radius 2 is 1.36 bits per heavy atom. The van der Waals surface area contributed by atoms with Gasteiger partial charge in [-0.3, -0.25) is 0 Å². The van der Waals surface area contributed by atoms with Gasteiger partial charge in [0.15, 0.2) is 5.57 Å². The smallest absolute Gasteiger partial charge is 0.192 e. The summed E-state index contributed by atoms with van der Waals surface area (Å²) in [4.78, 5) is 0. The van der Waals surface area contributed by atoms with E-state index in [1.165, 1.54) is 0 Å². The third-order valence-electron chi connectivity index (χ3n) is 1.07. The van der Waals surface area contributed by atoms with E-state index < -0.39 is 23.5 Å². The van der Waals surface area contributed by atoms with Gasteiger partial charge in [0, 0.05) is 0 Å². The number of hydrogen-bond donors (Lipinski definition) is 0. The zero-order valence-corrected chi connectivity index (χ0v) is 6.29. The van der Waals surface area contributed by atoms with Crippen LogP contribution >= 0.6 is 0 Å². The summed E-state index contributed by atoms with van der Waals surface area (Å²) in [5, 5.41) is 7.97. The SMILES string of the molecule is C#CC(C#N)=C(C(F)(F)F)C(F)(F)F. The number of halogens is 6. The van der Waals surface area contributed by atoms with Crippen LogP contribution in [0.1, 0.15) is 0 Å². The van der Waals surface area contributed by atoms with Gasteiger partial charge >= 0.3 is 12.4 Å². The minimum Gasteiger partial charge on any atom is -0.192 e. The minimum atomic E-state index is -5.68. The second-order valence-corrected chi connectivity index (χ2v) is 2.00. The quantitative estimate of drug-likeness (QED) is 0.344. The van der Waals surface area contributed by atoms with Gasteiger partial charge in [-0.15, -0.1) is 6.42 Å². The highest BCUT2D eigenvalue weighted by atomic mass is 19.4. The highest BCUT2D eigenvalue weighted by Gasteiger charge is 2.53. The molecule has 0 aromatic heterocycles. The number of hydrogen-bond acceptors (Lipinski definition) is 1. The zero-order chi connectivity index (χ0) is 11.6. The molecule has 0 rings (SSSR count). The maximum atomic E-state index is 11.8. The van der Waals surface area contributed by atoms with Gasteiger partial charge in [0.1, 0.15) is 11.6 Å². The van der Waals surface area contributed by atoms with Crippen LogP contribution in [0, 0.1) is 23.7 Å². The first-order valence-electron chi connectivity index (χ1n) is 2.90. The van der Waals surface area contributed by atoms with Gasteiger partial charge in [0.2, 0.25) is 0 Å². The molecule has 0 saturated carbocycles. The van der Waals surface area contributed by atoms with E-state index in [0.29, 0.717) is 6.07 Å². The Bertz CT molecular complexity index is 299. The third kappa shape index (κ3) is 2.70. The molecule has 1 nitrogen and oxygen atoms in total. The predicted octanol–water partition coefficient (Wildman–Crippen LogP) is 2.56. The summed E-state index contributed by atoms with van der Waals surface area (Å²) >= 11 is 0. The van der Waals surface area contributed by atoms with Crippen LogP contribution in [0.3, 0.4) is 0 Å². The standard InChI is InChI=1S/C7HF6N/c1-2-4(3-14)5(6(8,9)10)7(11,12)13/h1H. The molecule has 0 aliphatic heterocycles. The second kappa shape index (κ2) is 3.62. The minimum absolute atomic E-state index is 0.668. The van der Waals surface area contributed by atoms with Crippen molar-refractivity contribution in [2.24, 2.45) is 0 Å². The summed E-state index contributed by atoms with van der Waals surface area (Å²) in [6, 6.07) is 0.668. The molecule has 0 aromatic rings. The molecule has 7 heteroatoms. The molecule has 0 radical (unpaired) electrons. The topological polar surface area (TPSA) is 23.8 Å². The van der Waals surface area contributed by atoms with Gasteiger partial charge in [-0.1, -0.05) is 5.92 Å². The molecule has 0 spiro atoms. The molecule has 14 heavy (non-hydrogen) atoms. The lowest BCUT2D eigenvalue weighted by atomic mass is 10.1. The lowest BCUT2D eigenvalue weighted by molar-refractivity contribution is -0.172. The van der Waals surface area contributed by atoms with Gasteiger partial charge in [0.05, 0.1) is 0 Å². The van der Waals surface area contributed by atoms with Crippen LogP contribution in [0.2, 0.25) is 0 Å². The van der Waals surface area contributed by atoms with Crippen LogP contribution in [0.5, 0.6) is 0 Å². The Labute approximate surface area is 74.6 Å². The first kappa shape index (κ1) is 12.4. The molecule has 0 atom stereocenters. The van der Waals surface area contributed by atoms with Gasteiger partial charge in [0.25, 0.3) is 0 Å². The first-order valence-corrected chi connectivity index (χ1v) is 2.90. The van der Waals surface area contributed by atoms with E-state index in [4.69, 9.17) is 5.26 Å². The Morgan fingerprint density at radius 1 is 1.00 bits per heavy atom. The van der Waals surface area contributed by atoms with Crippen molar-refractivity contribution in [1.29, 1.82) is 5.26 Å². The summed E-state index contributed by atoms with van der Waals surface area (Å²) < 4.78 is 70.9. The number of nitrogens with zero attached hydrogens (tertiary/aromatic N) is 1. The average molecular weight is 213 g/mol. The van der Waals surface area contributed by atoms with Crippen LogP contribution in [-0.2, 0) is 0 Å². The van der Waals surface area contributed by atoms with Crippen LogP contribution < -0.4 is 0 Å². The van der Waals surface area contributed by atoms with Crippen molar-refractivity contribution in [1.82, 2.24) is 0 Å². The summed E-state index contributed by atoms with van der Waals surface area (Å²) in [6.45, 7) is 0. The van der Waals surface area contributed by atoms with Gasteiger partial charge in [-0.25, -0.2) is 0 Å². The Morgan fingerprint density at radius 3 is 1.43 bits per heavy atom. The number of rotatable bonds is 0. The van der Waals surface area contributed by atoms with E-state index >= 15 is 0 Å². The Hall–Kier alpha value is -1.63. The third-order valence-corrected chi connectivity index (χ3v) is 1.07. The maximum absolute atomic E-state index is 11.8. The summed E-state index contributed by atoms with van der Waals surface area (Å²) in [7, 11) is 0. The normalized spacial score (nSPS) is 11.4. The molecule has 0 heterocycles. The molecule has 0 amide bonds. The monoisotopic (exact) mass is 213 g/mol. The number of nitriles is 1. The molecule has 0 aliphatic rings. The molecular formula is C7HF6N. The molecule has 0 bridgehead atoms. The van der Waals surface area contributed by atoms with E-state index in [0.717, 1.165) is 5.92 Å². The van der Waals surface area contributed by atoms with E-state index in [1.54, 1.807) is 0 Å². The molecule has 76 valence electrons. The van der Waals surface area contributed by atoms with Crippen molar-refractivity contribution >= 4 is 0 Å². The van der Waals surface area contributed by atoms with Gasteiger partial charge in [-0.05, 0) is 0 Å². The summed E-state index contributed by atoms with van der Waals surface area (Å²) in [6.07, 6.45) is -7.02. The number of alkyl halides is 6. The number of allylic oxidation sites excluding steroid dienone is 2. The van der Waals surface area contributed by atoms with Gasteiger partial charge < -0.3 is 0 Å². The Kier molecular flexibility index (Phi) is 3.20. The van der Waals surface area contributed by atoms with Crippen LogP contribution in [-0.4, -0.2) is 12.4 Å². The molecule has 0 N–H and O–H groups in total. The molecule has 0 saturated heterocycles. The summed E-state index contributed by atoms with van der Waals surface area (Å²) in [5.41, 5.74) is -4.72. The fourth-order valence-electron chi connectivity index (χ4n) is 0.605. The van der Waals surface area contributed by atoms with E-state index in [9.17, 15) is 26.3 Å². The maximum Gasteiger partial charge on any atom is 0.423 e. The van der Waals surface area contributed by atoms with E-state index in [2.05, 4.69) is 6.42 Å². The van der Waals surface area contributed by atoms with Crippen molar-refractivity contribution in [2.45, 2.75) is 12.4 Å². The molecule has 0 aromatic carbocycles. The molecular weight excluding hydrogens is 212 g/mol. The lowest BCUT2D eigenvalue weighted by Crippen LogP contribution is -2.27. The van der Waals surface area contributed by atoms with E-state index in [1.807, 2.05) is 0 Å². The fraction of sp³-hybridized carbons (Fsp3) is 0.286. The predicted molar refractivity (Wildman–Crippen MR) is 33.6 cm³/mol. The highest BCUT2D eigenvalue weighted by Crippen LogP contribution is 2.40. The van der Waals surface area contributed by atoms with E-state index in [-0.39, 0.29) is 0 Å². The van der Waals surface area contributed by atoms with Gasteiger partial charge in [-0.2, -0.15) is 31.6 Å². The Balaban J connectivity index is 5.74. The largest absolute Gasteiger partial charge is 0.423 e. The van der Waals surface area contributed by atoms with Crippen molar-refractivity contribution in [3.05, 3.63) is 11.1 Å². The van der Waals surface area contributed by atoms with Crippen LogP contribution in [0.15, 0.2) is 11.1 Å². The highest BCUT2D eigenvalue weighted by molar-refractivity contribution is 5.46. The average Bonchev–Trinajstić information content (AvgIpc) is 1.94. The van der Waals surface area contributed by atoms with Crippen molar-refractivity contribution in [2.75, 3.05) is 0 Å². The van der Waals surface area contributed by atoms with Crippen LogP contribution in [0.25, 0.3) is 0 Å². The molecule has 0 aliphatic carbocycles. The first-order chi connectivity index (χ1) is 6.14. The molecule has 0 unspecified atom stereocenters. The lowest BCUT2D eigenvalue weighted by Gasteiger charge is -2.14. The molecule has 0 fully saturated rings. The fourth-order valence-corrected chi connectivity index (χ4v) is 0.605.